The third-order valence-electron chi connectivity index (χ3n) is 17.3. The van der Waals surface area contributed by atoms with Crippen LogP contribution in [0.2, 0.25) is 0 Å². The molecule has 0 spiro atoms. The summed E-state index contributed by atoms with van der Waals surface area (Å²) in [6.07, 6.45) is 123. The number of allylic oxidation sites excluding steroid dienone is 32. The van der Waals surface area contributed by atoms with Gasteiger partial charge in [-0.15, -0.1) is 0 Å². The highest BCUT2D eigenvalue weighted by molar-refractivity contribution is 5.70. The SMILES string of the molecule is CC/C=C\C/C=C\C/C=C\C/C=C\C/C=C\C/C=C\C/C=C\C/C=C\C/C=C\C/C=C\CCCCCCCCC(=O)OC(COC(=O)CCCCCCCCCCCCCCCCCCCCCCCC/C=C\C/C=C\C/C=C\C/C=C\C/C=C\C/C=C\CC)COC(OCC[N+](C)(C)C)C(=O)[O-]. The molecule has 9 heteroatoms. The van der Waals surface area contributed by atoms with Crippen molar-refractivity contribution in [1.82, 2.24) is 0 Å². The predicted octanol–water partition coefficient (Wildman–Crippen LogP) is 25.9. The minimum absolute atomic E-state index is 0.137. The lowest BCUT2D eigenvalue weighted by molar-refractivity contribution is -0.870. The van der Waals surface area contributed by atoms with Gasteiger partial charge in [0.15, 0.2) is 12.4 Å². The summed E-state index contributed by atoms with van der Waals surface area (Å²) in [5.74, 6) is -2.31. The van der Waals surface area contributed by atoms with Gasteiger partial charge >= 0.3 is 11.9 Å². The minimum Gasteiger partial charge on any atom is -0.545 e. The molecule has 582 valence electrons. The summed E-state index contributed by atoms with van der Waals surface area (Å²) < 4.78 is 22.8. The highest BCUT2D eigenvalue weighted by Gasteiger charge is 2.22. The predicted molar refractivity (Wildman–Crippen MR) is 444 cm³/mol. The van der Waals surface area contributed by atoms with E-state index in [1.165, 1.54) is 128 Å². The smallest absolute Gasteiger partial charge is 0.306 e. The largest absolute Gasteiger partial charge is 0.545 e. The number of hydrogen-bond acceptors (Lipinski definition) is 8. The molecule has 0 N–H and O–H groups in total. The van der Waals surface area contributed by atoms with Crippen molar-refractivity contribution in [2.75, 3.05) is 47.5 Å². The molecule has 0 amide bonds. The molecule has 0 aliphatic rings. The highest BCUT2D eigenvalue weighted by atomic mass is 16.7. The maximum atomic E-state index is 13.0. The molecule has 0 aliphatic carbocycles. The van der Waals surface area contributed by atoms with Crippen LogP contribution >= 0.6 is 0 Å². The summed E-state index contributed by atoms with van der Waals surface area (Å²) in [7, 11) is 5.93. The lowest BCUT2D eigenvalue weighted by atomic mass is 10.0. The third kappa shape index (κ3) is 83.3. The Morgan fingerprint density at radius 2 is 0.524 bits per heavy atom. The van der Waals surface area contributed by atoms with Gasteiger partial charge in [0.05, 0.1) is 40.3 Å². The molecular formula is C94H153NO8. The normalized spacial score (nSPS) is 13.7. The van der Waals surface area contributed by atoms with E-state index in [1.54, 1.807) is 0 Å². The number of carboxylic acids is 1. The van der Waals surface area contributed by atoms with Crippen LogP contribution < -0.4 is 5.11 Å². The number of nitrogens with zero attached hydrogens (tertiary/aromatic N) is 1. The summed E-state index contributed by atoms with van der Waals surface area (Å²) in [4.78, 5) is 37.6. The van der Waals surface area contributed by atoms with Crippen molar-refractivity contribution in [2.45, 2.75) is 334 Å². The topological polar surface area (TPSA) is 111 Å². The number of carbonyl (C=O) groups excluding carboxylic acids is 3. The van der Waals surface area contributed by atoms with Crippen molar-refractivity contribution in [1.29, 1.82) is 0 Å². The standard InChI is InChI=1S/C94H153NO8/c1-6-8-10-12-14-16-18-20-22-24-26-28-30-32-34-36-38-40-42-44-45-46-47-49-50-52-54-56-58-60-62-64-66-68-70-72-74-76-78-80-82-84-91(96)101-88-90(89-102-94(93(98)99)100-87-86-95(3,4)5)103-92(97)85-83-81-79-77-75-73-71-69-67-65-63-61-59-57-55-53-51-48-43-41-39-37-35-33-31-29-27-25-23-21-19-17-15-13-11-9-7-2/h8-11,14-17,20-23,26-29,32-35,38-41,48,51,55,57,61,63,67,69,90,94H,6-7,12-13,18-19,24-25,30-31,36-37,42-47,49-50,52-54,56,58-60,62,64-66,68,70-89H2,1-5H3/b10-8-,11-9-,16-14-,17-15-,22-20-,23-21-,28-26-,29-27-,34-32-,35-33-,40-38-,41-39-,51-48-,57-55-,63-61-,69-67-. The number of rotatable bonds is 75. The van der Waals surface area contributed by atoms with Crippen molar-refractivity contribution < 1.29 is 42.9 Å². The number of ether oxygens (including phenoxy) is 4. The third-order valence-corrected chi connectivity index (χ3v) is 17.3. The summed E-state index contributed by atoms with van der Waals surface area (Å²) in [6.45, 7) is 4.51. The van der Waals surface area contributed by atoms with E-state index in [9.17, 15) is 19.5 Å². The average Bonchev–Trinajstić information content (AvgIpc) is 1.16. The van der Waals surface area contributed by atoms with Gasteiger partial charge in [-0.2, -0.15) is 0 Å². The van der Waals surface area contributed by atoms with Gasteiger partial charge in [0, 0.05) is 12.8 Å². The van der Waals surface area contributed by atoms with E-state index < -0.39 is 24.3 Å². The van der Waals surface area contributed by atoms with E-state index in [-0.39, 0.29) is 38.6 Å². The van der Waals surface area contributed by atoms with Gasteiger partial charge in [-0.05, 0) is 141 Å². The van der Waals surface area contributed by atoms with Crippen LogP contribution in [-0.2, 0) is 33.3 Å². The first-order valence-corrected chi connectivity index (χ1v) is 41.6. The Kier molecular flexibility index (Phi) is 77.1. The molecule has 0 rings (SSSR count). The van der Waals surface area contributed by atoms with Crippen LogP contribution in [-0.4, -0.2) is 82.3 Å². The summed E-state index contributed by atoms with van der Waals surface area (Å²) in [5.41, 5.74) is 0. The maximum Gasteiger partial charge on any atom is 0.306 e. The Balaban J connectivity index is 4.08. The second-order valence-electron chi connectivity index (χ2n) is 28.3. The number of likely N-dealkylation sites (N-methyl/N-ethyl adjacent to an activating group) is 1. The number of carboxylic acid groups (broad SMARTS) is 1. The van der Waals surface area contributed by atoms with Crippen molar-refractivity contribution >= 4 is 17.9 Å². The Hall–Kier alpha value is -5.87. The molecule has 2 atom stereocenters. The van der Waals surface area contributed by atoms with Gasteiger partial charge < -0.3 is 33.3 Å². The summed E-state index contributed by atoms with van der Waals surface area (Å²) in [6, 6.07) is 0. The molecule has 0 saturated carbocycles. The second kappa shape index (κ2) is 81.8. The first kappa shape index (κ1) is 97.1. The Bertz CT molecular complexity index is 2410. The van der Waals surface area contributed by atoms with Crippen LogP contribution in [0.5, 0.6) is 0 Å². The molecular weight excluding hydrogens is 1270 g/mol. The fraction of sp³-hybridized carbons (Fsp3) is 0.628. The maximum absolute atomic E-state index is 13.0. The molecule has 9 nitrogen and oxygen atoms in total. The zero-order valence-corrected chi connectivity index (χ0v) is 66.6. The van der Waals surface area contributed by atoms with E-state index in [0.29, 0.717) is 17.4 Å². The monoisotopic (exact) mass is 1420 g/mol. The van der Waals surface area contributed by atoms with Crippen LogP contribution in [0, 0.1) is 0 Å². The first-order valence-electron chi connectivity index (χ1n) is 41.6. The minimum atomic E-state index is -1.64. The molecule has 0 aromatic heterocycles. The molecule has 0 radical (unpaired) electrons. The molecule has 103 heavy (non-hydrogen) atoms. The van der Waals surface area contributed by atoms with Crippen molar-refractivity contribution in [3.05, 3.63) is 194 Å². The first-order chi connectivity index (χ1) is 50.6. The van der Waals surface area contributed by atoms with Crippen molar-refractivity contribution in [3.63, 3.8) is 0 Å². The molecule has 2 unspecified atom stereocenters. The second-order valence-corrected chi connectivity index (χ2v) is 28.3. The van der Waals surface area contributed by atoms with Gasteiger partial charge in [-0.3, -0.25) is 9.59 Å². The zero-order valence-electron chi connectivity index (χ0n) is 66.6. The molecule has 0 aromatic rings. The van der Waals surface area contributed by atoms with Gasteiger partial charge in [0.1, 0.15) is 13.2 Å². The van der Waals surface area contributed by atoms with Gasteiger partial charge in [-0.25, -0.2) is 0 Å². The summed E-state index contributed by atoms with van der Waals surface area (Å²) >= 11 is 0. The zero-order chi connectivity index (χ0) is 74.6. The van der Waals surface area contributed by atoms with E-state index >= 15 is 0 Å². The van der Waals surface area contributed by atoms with Gasteiger partial charge in [-0.1, -0.05) is 362 Å². The lowest BCUT2D eigenvalue weighted by Gasteiger charge is -2.26. The molecule has 0 saturated heterocycles. The number of esters is 2. The molecule has 0 fully saturated rings. The van der Waals surface area contributed by atoms with E-state index in [2.05, 4.69) is 208 Å². The number of hydrogen-bond donors (Lipinski definition) is 0. The van der Waals surface area contributed by atoms with Crippen LogP contribution in [0.3, 0.4) is 0 Å². The van der Waals surface area contributed by atoms with Gasteiger partial charge in [0.2, 0.25) is 0 Å². The number of quaternary nitrogens is 1. The Labute approximate surface area is 633 Å². The molecule has 0 bridgehead atoms. The van der Waals surface area contributed by atoms with E-state index in [4.69, 9.17) is 18.9 Å². The van der Waals surface area contributed by atoms with Crippen LogP contribution in [0.4, 0.5) is 0 Å². The van der Waals surface area contributed by atoms with Gasteiger partial charge in [0.25, 0.3) is 0 Å². The lowest BCUT2D eigenvalue weighted by Crippen LogP contribution is -2.44. The van der Waals surface area contributed by atoms with Crippen LogP contribution in [0.1, 0.15) is 322 Å². The van der Waals surface area contributed by atoms with Crippen molar-refractivity contribution in [3.8, 4) is 0 Å². The average molecular weight is 1430 g/mol. The van der Waals surface area contributed by atoms with Crippen molar-refractivity contribution in [2.24, 2.45) is 0 Å². The number of unbranched alkanes of at least 4 members (excludes halogenated alkanes) is 28. The Morgan fingerprint density at radius 1 is 0.291 bits per heavy atom. The van der Waals surface area contributed by atoms with Crippen LogP contribution in [0.25, 0.3) is 0 Å². The molecule has 0 heterocycles. The number of aliphatic carboxylic acids is 1. The summed E-state index contributed by atoms with van der Waals surface area (Å²) in [5, 5.41) is 11.9. The van der Waals surface area contributed by atoms with Crippen LogP contribution in [0.15, 0.2) is 194 Å². The number of carbonyl (C=O) groups is 3. The molecule has 0 aromatic carbocycles. The van der Waals surface area contributed by atoms with E-state index in [1.807, 2.05) is 21.1 Å². The van der Waals surface area contributed by atoms with E-state index in [0.717, 1.165) is 161 Å². The highest BCUT2D eigenvalue weighted by Crippen LogP contribution is 2.18. The Morgan fingerprint density at radius 3 is 0.777 bits per heavy atom. The fourth-order valence-corrected chi connectivity index (χ4v) is 11.1. The quantitative estimate of drug-likeness (QED) is 0.0195. The molecule has 0 aliphatic heterocycles. The fourth-order valence-electron chi connectivity index (χ4n) is 11.1.